The summed E-state index contributed by atoms with van der Waals surface area (Å²) in [7, 11) is 0. The first-order valence-electron chi connectivity index (χ1n) is 7.37. The van der Waals surface area contributed by atoms with Gasteiger partial charge in [-0.3, -0.25) is 4.79 Å². The molecule has 0 radical (unpaired) electrons. The summed E-state index contributed by atoms with van der Waals surface area (Å²) in [6.07, 6.45) is 5.59. The zero-order chi connectivity index (χ0) is 14.4. The monoisotopic (exact) mass is 295 g/mol. The summed E-state index contributed by atoms with van der Waals surface area (Å²) in [6.45, 7) is 2.55. The molecule has 1 N–H and O–H groups in total. The second-order valence-corrected chi connectivity index (χ2v) is 5.48. The molecule has 0 bridgehead atoms. The standard InChI is InChI=1S/C16H22ClNO2/c1-2-20-15-9-8-14(10-13(15)11-17)18-16(19)12-6-4-3-5-7-12/h8-10,12H,2-7,11H2,1H3,(H,18,19). The van der Waals surface area contributed by atoms with Crippen molar-refractivity contribution in [1.29, 1.82) is 0 Å². The second kappa shape index (κ2) is 7.53. The van der Waals surface area contributed by atoms with Gasteiger partial charge in [-0.15, -0.1) is 11.6 Å². The summed E-state index contributed by atoms with van der Waals surface area (Å²) >= 11 is 5.93. The van der Waals surface area contributed by atoms with Crippen LogP contribution in [0.4, 0.5) is 5.69 Å². The molecule has 4 heteroatoms. The van der Waals surface area contributed by atoms with E-state index in [1.54, 1.807) is 0 Å². The van der Waals surface area contributed by atoms with Crippen LogP contribution >= 0.6 is 11.6 Å². The van der Waals surface area contributed by atoms with Crippen molar-refractivity contribution in [1.82, 2.24) is 0 Å². The molecular weight excluding hydrogens is 274 g/mol. The highest BCUT2D eigenvalue weighted by Gasteiger charge is 2.21. The van der Waals surface area contributed by atoms with E-state index in [1.807, 2.05) is 25.1 Å². The Morgan fingerprint density at radius 1 is 1.35 bits per heavy atom. The molecule has 0 aromatic heterocycles. The molecule has 1 aliphatic rings. The van der Waals surface area contributed by atoms with Gasteiger partial charge in [-0.2, -0.15) is 0 Å². The van der Waals surface area contributed by atoms with E-state index in [0.29, 0.717) is 12.5 Å². The van der Waals surface area contributed by atoms with Crippen molar-refractivity contribution in [2.75, 3.05) is 11.9 Å². The van der Waals surface area contributed by atoms with Gasteiger partial charge in [-0.05, 0) is 38.0 Å². The van der Waals surface area contributed by atoms with Gasteiger partial charge in [0.2, 0.25) is 5.91 Å². The summed E-state index contributed by atoms with van der Waals surface area (Å²) in [5, 5.41) is 3.00. The van der Waals surface area contributed by atoms with Gasteiger partial charge in [0.25, 0.3) is 0 Å². The lowest BCUT2D eigenvalue weighted by Gasteiger charge is -2.21. The molecule has 0 unspecified atom stereocenters. The Morgan fingerprint density at radius 2 is 2.10 bits per heavy atom. The number of benzene rings is 1. The highest BCUT2D eigenvalue weighted by atomic mass is 35.5. The van der Waals surface area contributed by atoms with Crippen LogP contribution in [0.1, 0.15) is 44.6 Å². The predicted octanol–water partition coefficient (Wildman–Crippen LogP) is 4.34. The summed E-state index contributed by atoms with van der Waals surface area (Å²) in [5.74, 6) is 1.46. The van der Waals surface area contributed by atoms with Gasteiger partial charge < -0.3 is 10.1 Å². The molecule has 0 saturated heterocycles. The molecule has 1 aromatic rings. The van der Waals surface area contributed by atoms with Gasteiger partial charge in [-0.25, -0.2) is 0 Å². The third-order valence-electron chi connectivity index (χ3n) is 3.75. The Labute approximate surface area is 125 Å². The maximum absolute atomic E-state index is 12.2. The average molecular weight is 296 g/mol. The molecule has 1 amide bonds. The van der Waals surface area contributed by atoms with Gasteiger partial charge in [-0.1, -0.05) is 19.3 Å². The summed E-state index contributed by atoms with van der Waals surface area (Å²) in [5.41, 5.74) is 1.72. The number of carbonyl (C=O) groups excluding carboxylic acids is 1. The van der Waals surface area contributed by atoms with Crippen molar-refractivity contribution in [3.05, 3.63) is 23.8 Å². The minimum Gasteiger partial charge on any atom is -0.494 e. The Bertz CT molecular complexity index is 456. The van der Waals surface area contributed by atoms with Gasteiger partial charge in [0.1, 0.15) is 5.75 Å². The smallest absolute Gasteiger partial charge is 0.227 e. The van der Waals surface area contributed by atoms with Crippen LogP contribution in [0.3, 0.4) is 0 Å². The lowest BCUT2D eigenvalue weighted by Crippen LogP contribution is -2.24. The van der Waals surface area contributed by atoms with Crippen molar-refractivity contribution < 1.29 is 9.53 Å². The van der Waals surface area contributed by atoms with Gasteiger partial charge >= 0.3 is 0 Å². The maximum atomic E-state index is 12.2. The molecule has 2 rings (SSSR count). The van der Waals surface area contributed by atoms with Crippen molar-refractivity contribution in [2.24, 2.45) is 5.92 Å². The fourth-order valence-electron chi connectivity index (χ4n) is 2.67. The zero-order valence-corrected chi connectivity index (χ0v) is 12.7. The maximum Gasteiger partial charge on any atom is 0.227 e. The van der Waals surface area contributed by atoms with Crippen LogP contribution in [0.15, 0.2) is 18.2 Å². The number of hydrogen-bond acceptors (Lipinski definition) is 2. The molecule has 0 aliphatic heterocycles. The summed E-state index contributed by atoms with van der Waals surface area (Å²) in [6, 6.07) is 5.65. The van der Waals surface area contributed by atoms with Crippen LogP contribution in [0.5, 0.6) is 5.75 Å². The molecule has 1 aromatic carbocycles. The highest BCUT2D eigenvalue weighted by Crippen LogP contribution is 2.27. The lowest BCUT2D eigenvalue weighted by atomic mass is 9.88. The molecule has 1 saturated carbocycles. The minimum absolute atomic E-state index is 0.134. The Balaban J connectivity index is 2.03. The topological polar surface area (TPSA) is 38.3 Å². The average Bonchev–Trinajstić information content (AvgIpc) is 2.50. The van der Waals surface area contributed by atoms with Crippen molar-refractivity contribution >= 4 is 23.2 Å². The number of anilines is 1. The summed E-state index contributed by atoms with van der Waals surface area (Å²) in [4.78, 5) is 12.2. The third kappa shape index (κ3) is 3.89. The van der Waals surface area contributed by atoms with Gasteiger partial charge in [0.15, 0.2) is 0 Å². The van der Waals surface area contributed by atoms with Crippen molar-refractivity contribution in [2.45, 2.75) is 44.9 Å². The van der Waals surface area contributed by atoms with Gasteiger partial charge in [0, 0.05) is 17.2 Å². The number of amides is 1. The van der Waals surface area contributed by atoms with E-state index in [-0.39, 0.29) is 11.8 Å². The van der Waals surface area contributed by atoms with E-state index in [1.165, 1.54) is 6.42 Å². The fourth-order valence-corrected chi connectivity index (χ4v) is 2.88. The van der Waals surface area contributed by atoms with Crippen LogP contribution in [0.2, 0.25) is 0 Å². The normalized spacial score (nSPS) is 15.9. The van der Waals surface area contributed by atoms with E-state index in [0.717, 1.165) is 42.7 Å². The number of alkyl halides is 1. The number of carbonyl (C=O) groups is 1. The number of hydrogen-bond donors (Lipinski definition) is 1. The zero-order valence-electron chi connectivity index (χ0n) is 12.0. The van der Waals surface area contributed by atoms with E-state index in [4.69, 9.17) is 16.3 Å². The largest absolute Gasteiger partial charge is 0.494 e. The first-order valence-corrected chi connectivity index (χ1v) is 7.90. The predicted molar refractivity (Wildman–Crippen MR) is 82.4 cm³/mol. The molecule has 1 aliphatic carbocycles. The Kier molecular flexibility index (Phi) is 5.72. The molecule has 20 heavy (non-hydrogen) atoms. The number of ether oxygens (including phenoxy) is 1. The minimum atomic E-state index is 0.134. The summed E-state index contributed by atoms with van der Waals surface area (Å²) < 4.78 is 5.51. The van der Waals surface area contributed by atoms with Gasteiger partial charge in [0.05, 0.1) is 12.5 Å². The Hall–Kier alpha value is -1.22. The fraction of sp³-hybridized carbons (Fsp3) is 0.562. The molecule has 110 valence electrons. The molecular formula is C16H22ClNO2. The lowest BCUT2D eigenvalue weighted by molar-refractivity contribution is -0.120. The Morgan fingerprint density at radius 3 is 2.75 bits per heavy atom. The van der Waals surface area contributed by atoms with Crippen LogP contribution in [0.25, 0.3) is 0 Å². The van der Waals surface area contributed by atoms with Crippen molar-refractivity contribution in [3.63, 3.8) is 0 Å². The van der Waals surface area contributed by atoms with E-state index < -0.39 is 0 Å². The number of nitrogens with one attached hydrogen (secondary N) is 1. The molecule has 0 atom stereocenters. The highest BCUT2D eigenvalue weighted by molar-refractivity contribution is 6.17. The number of halogens is 1. The van der Waals surface area contributed by atoms with Crippen LogP contribution in [-0.4, -0.2) is 12.5 Å². The van der Waals surface area contributed by atoms with Crippen molar-refractivity contribution in [3.8, 4) is 5.75 Å². The second-order valence-electron chi connectivity index (χ2n) is 5.21. The third-order valence-corrected chi connectivity index (χ3v) is 4.04. The van der Waals surface area contributed by atoms with E-state index in [9.17, 15) is 4.79 Å². The molecule has 3 nitrogen and oxygen atoms in total. The van der Waals surface area contributed by atoms with Crippen LogP contribution in [-0.2, 0) is 10.7 Å². The SMILES string of the molecule is CCOc1ccc(NC(=O)C2CCCCC2)cc1CCl. The van der Waals surface area contributed by atoms with E-state index >= 15 is 0 Å². The molecule has 0 heterocycles. The first-order chi connectivity index (χ1) is 9.74. The first kappa shape index (κ1) is 15.2. The molecule has 1 fully saturated rings. The van der Waals surface area contributed by atoms with Crippen LogP contribution < -0.4 is 10.1 Å². The van der Waals surface area contributed by atoms with Crippen LogP contribution in [0, 0.1) is 5.92 Å². The van der Waals surface area contributed by atoms with E-state index in [2.05, 4.69) is 5.32 Å². The molecule has 0 spiro atoms. The number of rotatable bonds is 5. The quantitative estimate of drug-likeness (QED) is 0.821.